The van der Waals surface area contributed by atoms with E-state index in [2.05, 4.69) is 20.2 Å². The van der Waals surface area contributed by atoms with Gasteiger partial charge in [0, 0.05) is 6.07 Å². The smallest absolute Gasteiger partial charge is 0.255 e. The molecule has 3 aromatic heterocycles. The molecular formula is C10H9ClN6O. The van der Waals surface area contributed by atoms with Gasteiger partial charge in [0.1, 0.15) is 11.5 Å². The molecule has 0 aliphatic carbocycles. The highest BCUT2D eigenvalue weighted by molar-refractivity contribution is 6.29. The molecule has 0 spiro atoms. The minimum Gasteiger partial charge on any atom is -0.491 e. The predicted octanol–water partition coefficient (Wildman–Crippen LogP) is 1.36. The van der Waals surface area contributed by atoms with Crippen LogP contribution in [-0.2, 0) is 0 Å². The first kappa shape index (κ1) is 11.0. The molecular weight excluding hydrogens is 256 g/mol. The molecule has 0 aliphatic rings. The normalized spacial score (nSPS) is 11.0. The Labute approximate surface area is 107 Å². The molecule has 92 valence electrons. The van der Waals surface area contributed by atoms with E-state index in [4.69, 9.17) is 16.3 Å². The van der Waals surface area contributed by atoms with E-state index in [0.29, 0.717) is 29.1 Å². The summed E-state index contributed by atoms with van der Waals surface area (Å²) in [5, 5.41) is 8.60. The first-order valence-electron chi connectivity index (χ1n) is 5.32. The fourth-order valence-corrected chi connectivity index (χ4v) is 1.78. The second-order valence-electron chi connectivity index (χ2n) is 3.46. The lowest BCUT2D eigenvalue weighted by atomic mass is 10.5. The van der Waals surface area contributed by atoms with Crippen molar-refractivity contribution < 1.29 is 4.74 Å². The molecule has 0 fully saturated rings. The highest BCUT2D eigenvalue weighted by Gasteiger charge is 2.10. The topological polar surface area (TPSA) is 70.1 Å². The molecule has 18 heavy (non-hydrogen) atoms. The number of aromatic nitrogens is 6. The lowest BCUT2D eigenvalue weighted by Crippen LogP contribution is -2.05. The Bertz CT molecular complexity index is 691. The molecule has 0 saturated heterocycles. The van der Waals surface area contributed by atoms with Gasteiger partial charge in [-0.2, -0.15) is 24.7 Å². The average Bonchev–Trinajstić information content (AvgIpc) is 2.96. The van der Waals surface area contributed by atoms with Crippen molar-refractivity contribution in [3.05, 3.63) is 29.9 Å². The maximum Gasteiger partial charge on any atom is 0.255 e. The molecule has 0 atom stereocenters. The highest BCUT2D eigenvalue weighted by atomic mass is 35.5. The van der Waals surface area contributed by atoms with E-state index in [0.717, 1.165) is 0 Å². The minimum absolute atomic E-state index is 0.332. The van der Waals surface area contributed by atoms with Gasteiger partial charge in [0.2, 0.25) is 0 Å². The molecule has 0 amide bonds. The van der Waals surface area contributed by atoms with E-state index in [1.165, 1.54) is 6.33 Å². The second-order valence-corrected chi connectivity index (χ2v) is 3.85. The lowest BCUT2D eigenvalue weighted by Gasteiger charge is -2.03. The molecule has 0 aliphatic heterocycles. The van der Waals surface area contributed by atoms with Crippen LogP contribution in [0.2, 0.25) is 5.15 Å². The summed E-state index contributed by atoms with van der Waals surface area (Å²) in [6.45, 7) is 2.50. The molecule has 7 nitrogen and oxygen atoms in total. The van der Waals surface area contributed by atoms with Crippen LogP contribution in [-0.4, -0.2) is 36.0 Å². The zero-order chi connectivity index (χ0) is 12.5. The fraction of sp³-hybridized carbons (Fsp3) is 0.200. The zero-order valence-corrected chi connectivity index (χ0v) is 10.2. The maximum absolute atomic E-state index is 5.93. The van der Waals surface area contributed by atoms with Crippen LogP contribution in [0, 0.1) is 0 Å². The van der Waals surface area contributed by atoms with Crippen molar-refractivity contribution >= 4 is 17.4 Å². The summed E-state index contributed by atoms with van der Waals surface area (Å²) in [6.07, 6.45) is 4.78. The van der Waals surface area contributed by atoms with Crippen LogP contribution in [0.25, 0.3) is 11.6 Å². The monoisotopic (exact) mass is 264 g/mol. The molecule has 0 unspecified atom stereocenters. The number of rotatable bonds is 3. The third-order valence-corrected chi connectivity index (χ3v) is 2.50. The van der Waals surface area contributed by atoms with Crippen molar-refractivity contribution in [3.8, 4) is 11.6 Å². The van der Waals surface area contributed by atoms with Gasteiger partial charge < -0.3 is 4.74 Å². The molecule has 3 aromatic rings. The first-order chi connectivity index (χ1) is 8.78. The van der Waals surface area contributed by atoms with Gasteiger partial charge in [0.25, 0.3) is 5.78 Å². The van der Waals surface area contributed by atoms with Crippen LogP contribution in [0.3, 0.4) is 0 Å². The van der Waals surface area contributed by atoms with E-state index < -0.39 is 0 Å². The predicted molar refractivity (Wildman–Crippen MR) is 64.1 cm³/mol. The van der Waals surface area contributed by atoms with Crippen molar-refractivity contribution in [2.75, 3.05) is 6.61 Å². The molecule has 3 heterocycles. The Morgan fingerprint density at radius 1 is 1.39 bits per heavy atom. The van der Waals surface area contributed by atoms with E-state index in [-0.39, 0.29) is 0 Å². The van der Waals surface area contributed by atoms with Gasteiger partial charge in [-0.3, -0.25) is 0 Å². The maximum atomic E-state index is 5.93. The van der Waals surface area contributed by atoms with Crippen LogP contribution in [0.1, 0.15) is 6.92 Å². The molecule has 8 heteroatoms. The average molecular weight is 265 g/mol. The molecule has 0 aromatic carbocycles. The Morgan fingerprint density at radius 2 is 2.28 bits per heavy atom. The van der Waals surface area contributed by atoms with E-state index in [1.807, 2.05) is 6.92 Å². The lowest BCUT2D eigenvalue weighted by molar-refractivity contribution is 0.340. The highest BCUT2D eigenvalue weighted by Crippen LogP contribution is 2.16. The zero-order valence-electron chi connectivity index (χ0n) is 9.49. The largest absolute Gasteiger partial charge is 0.491 e. The number of ether oxygens (including phenoxy) is 1. The molecule has 0 N–H and O–H groups in total. The summed E-state index contributed by atoms with van der Waals surface area (Å²) in [6, 6.07) is 1.66. The SMILES string of the molecule is CCOc1cnn(-c2cc(Cl)nc3ncnn23)c1. The third kappa shape index (κ3) is 1.78. The Morgan fingerprint density at radius 3 is 3.11 bits per heavy atom. The number of halogens is 1. The van der Waals surface area contributed by atoms with Crippen molar-refractivity contribution in [2.45, 2.75) is 6.92 Å². The van der Waals surface area contributed by atoms with Crippen LogP contribution in [0.5, 0.6) is 5.75 Å². The second kappa shape index (κ2) is 4.26. The summed E-state index contributed by atoms with van der Waals surface area (Å²) in [4.78, 5) is 8.04. The first-order valence-corrected chi connectivity index (χ1v) is 5.70. The minimum atomic E-state index is 0.332. The summed E-state index contributed by atoms with van der Waals surface area (Å²) in [5.41, 5.74) is 0. The summed E-state index contributed by atoms with van der Waals surface area (Å²) in [5.74, 6) is 1.75. The van der Waals surface area contributed by atoms with Crippen molar-refractivity contribution in [1.82, 2.24) is 29.4 Å². The summed E-state index contributed by atoms with van der Waals surface area (Å²) in [7, 11) is 0. The third-order valence-electron chi connectivity index (χ3n) is 2.31. The molecule has 0 saturated carbocycles. The van der Waals surface area contributed by atoms with Crippen molar-refractivity contribution in [1.29, 1.82) is 0 Å². The van der Waals surface area contributed by atoms with Gasteiger partial charge in [-0.15, -0.1) is 0 Å². The fourth-order valence-electron chi connectivity index (χ4n) is 1.60. The number of fused-ring (bicyclic) bond motifs is 1. The number of nitrogens with zero attached hydrogens (tertiary/aromatic N) is 6. The van der Waals surface area contributed by atoms with Crippen LogP contribution in [0.4, 0.5) is 0 Å². The summed E-state index contributed by atoms with van der Waals surface area (Å²) >= 11 is 5.93. The van der Waals surface area contributed by atoms with Crippen LogP contribution in [0.15, 0.2) is 24.8 Å². The molecule has 0 radical (unpaired) electrons. The number of hydrogen-bond donors (Lipinski definition) is 0. The van der Waals surface area contributed by atoms with E-state index >= 15 is 0 Å². The standard InChI is InChI=1S/C10H9ClN6O/c1-2-18-7-4-13-16(5-7)9-3-8(11)15-10-12-6-14-17(9)10/h3-6H,2H2,1H3. The van der Waals surface area contributed by atoms with Crippen molar-refractivity contribution in [2.24, 2.45) is 0 Å². The van der Waals surface area contributed by atoms with Crippen LogP contribution >= 0.6 is 11.6 Å². The van der Waals surface area contributed by atoms with E-state index in [9.17, 15) is 0 Å². The van der Waals surface area contributed by atoms with Gasteiger partial charge in [-0.1, -0.05) is 11.6 Å². The quantitative estimate of drug-likeness (QED) is 0.668. The Balaban J connectivity index is 2.14. The van der Waals surface area contributed by atoms with Gasteiger partial charge in [0.05, 0.1) is 19.0 Å². The van der Waals surface area contributed by atoms with Gasteiger partial charge >= 0.3 is 0 Å². The van der Waals surface area contributed by atoms with Gasteiger partial charge in [0.15, 0.2) is 11.6 Å². The van der Waals surface area contributed by atoms with Crippen molar-refractivity contribution in [3.63, 3.8) is 0 Å². The van der Waals surface area contributed by atoms with Gasteiger partial charge in [-0.05, 0) is 6.92 Å². The van der Waals surface area contributed by atoms with E-state index in [1.54, 1.807) is 27.7 Å². The summed E-state index contributed by atoms with van der Waals surface area (Å²) < 4.78 is 8.52. The Hall–Kier alpha value is -2.15. The van der Waals surface area contributed by atoms with Gasteiger partial charge in [-0.25, -0.2) is 4.68 Å². The Kier molecular flexibility index (Phi) is 2.60. The number of hydrogen-bond acceptors (Lipinski definition) is 5. The molecule has 3 rings (SSSR count). The molecule has 0 bridgehead atoms. The van der Waals surface area contributed by atoms with Crippen LogP contribution < -0.4 is 4.74 Å².